The number of para-hydroxylation sites is 1. The molecule has 1 saturated heterocycles. The van der Waals surface area contributed by atoms with Gasteiger partial charge in [0.25, 0.3) is 0 Å². The van der Waals surface area contributed by atoms with Crippen LogP contribution in [0.15, 0.2) is 30.3 Å². The fourth-order valence-corrected chi connectivity index (χ4v) is 1.79. The molecular weight excluding hydrogens is 176 g/mol. The van der Waals surface area contributed by atoms with Gasteiger partial charge in [-0.25, -0.2) is 0 Å². The number of rotatable bonds is 1. The summed E-state index contributed by atoms with van der Waals surface area (Å²) in [5.74, 6) is 0. The molecule has 1 fully saturated rings. The predicted molar refractivity (Wildman–Crippen MR) is 61.1 cm³/mol. The fourth-order valence-electron chi connectivity index (χ4n) is 1.79. The summed E-state index contributed by atoms with van der Waals surface area (Å²) in [6.07, 6.45) is 4.12. The Kier molecular flexibility index (Phi) is 5.92. The molecule has 0 spiro atoms. The molecule has 1 aromatic rings. The Morgan fingerprint density at radius 2 is 1.43 bits per heavy atom. The van der Waals surface area contributed by atoms with E-state index in [9.17, 15) is 0 Å². The van der Waals surface area contributed by atoms with Gasteiger partial charge >= 0.3 is 0 Å². The molecule has 0 radical (unpaired) electrons. The normalized spacial score (nSPS) is 15.3. The van der Waals surface area contributed by atoms with Gasteiger partial charge in [-0.05, 0) is 31.4 Å². The standard InChI is InChI=1S/C11H15N.H3N.H2O/c1-3-7-11(8-4-1)12-9-5-2-6-10-12;;/h1,3-4,7-8H,2,5-6,9-10H2;1H3;1H2. The largest absolute Gasteiger partial charge is 0.412 e. The second-order valence-electron chi connectivity index (χ2n) is 3.38. The Morgan fingerprint density at radius 3 is 2.00 bits per heavy atom. The Morgan fingerprint density at radius 1 is 0.857 bits per heavy atom. The minimum Gasteiger partial charge on any atom is -0.412 e. The molecule has 0 atom stereocenters. The zero-order valence-corrected chi connectivity index (χ0v) is 8.58. The third-order valence-electron chi connectivity index (χ3n) is 2.48. The van der Waals surface area contributed by atoms with Crippen molar-refractivity contribution in [3.05, 3.63) is 30.3 Å². The van der Waals surface area contributed by atoms with E-state index in [-0.39, 0.29) is 11.6 Å². The van der Waals surface area contributed by atoms with Crippen LogP contribution in [0.2, 0.25) is 0 Å². The number of anilines is 1. The molecule has 0 amide bonds. The maximum absolute atomic E-state index is 2.48. The zero-order valence-electron chi connectivity index (χ0n) is 8.58. The lowest BCUT2D eigenvalue weighted by Gasteiger charge is -2.28. The van der Waals surface area contributed by atoms with Crippen molar-refractivity contribution in [1.29, 1.82) is 0 Å². The van der Waals surface area contributed by atoms with Crippen molar-refractivity contribution in [2.75, 3.05) is 18.0 Å². The highest BCUT2D eigenvalue weighted by atomic mass is 16.0. The Labute approximate surface area is 85.6 Å². The first-order valence-corrected chi connectivity index (χ1v) is 4.77. The summed E-state index contributed by atoms with van der Waals surface area (Å²) in [7, 11) is 0. The topological polar surface area (TPSA) is 69.7 Å². The van der Waals surface area contributed by atoms with E-state index in [2.05, 4.69) is 35.2 Å². The fraction of sp³-hybridized carbons (Fsp3) is 0.455. The molecule has 1 heterocycles. The summed E-state index contributed by atoms with van der Waals surface area (Å²) in [6, 6.07) is 10.7. The summed E-state index contributed by atoms with van der Waals surface area (Å²) in [6.45, 7) is 2.48. The highest BCUT2D eigenvalue weighted by Gasteiger charge is 2.09. The van der Waals surface area contributed by atoms with Crippen LogP contribution < -0.4 is 11.1 Å². The van der Waals surface area contributed by atoms with Gasteiger partial charge in [0.15, 0.2) is 0 Å². The van der Waals surface area contributed by atoms with Crippen LogP contribution in [-0.2, 0) is 0 Å². The molecule has 0 aromatic heterocycles. The first-order chi connectivity index (χ1) is 5.97. The molecule has 1 aromatic carbocycles. The van der Waals surface area contributed by atoms with E-state index >= 15 is 0 Å². The van der Waals surface area contributed by atoms with Gasteiger partial charge in [-0.2, -0.15) is 0 Å². The van der Waals surface area contributed by atoms with Gasteiger partial charge in [0, 0.05) is 18.8 Å². The predicted octanol–water partition coefficient (Wildman–Crippen LogP) is 2.01. The molecular formula is C11H20N2O. The third-order valence-corrected chi connectivity index (χ3v) is 2.48. The summed E-state index contributed by atoms with van der Waals surface area (Å²) >= 11 is 0. The average Bonchev–Trinajstić information content (AvgIpc) is 2.21. The molecule has 0 bridgehead atoms. The van der Waals surface area contributed by atoms with Crippen LogP contribution in [-0.4, -0.2) is 18.6 Å². The molecule has 14 heavy (non-hydrogen) atoms. The highest BCUT2D eigenvalue weighted by Crippen LogP contribution is 2.18. The van der Waals surface area contributed by atoms with E-state index < -0.39 is 0 Å². The minimum atomic E-state index is 0. The molecule has 3 heteroatoms. The Balaban J connectivity index is 0.000000845. The molecule has 5 N–H and O–H groups in total. The summed E-state index contributed by atoms with van der Waals surface area (Å²) in [5.41, 5.74) is 1.39. The number of nitrogens with zero attached hydrogens (tertiary/aromatic N) is 1. The maximum Gasteiger partial charge on any atom is 0.0366 e. The first kappa shape index (κ1) is 12.9. The van der Waals surface area contributed by atoms with Crippen LogP contribution in [0.5, 0.6) is 0 Å². The van der Waals surface area contributed by atoms with E-state index in [0.717, 1.165) is 0 Å². The molecule has 3 nitrogen and oxygen atoms in total. The van der Waals surface area contributed by atoms with Crippen LogP contribution in [0.25, 0.3) is 0 Å². The van der Waals surface area contributed by atoms with Crippen LogP contribution in [0, 0.1) is 0 Å². The molecule has 1 aliphatic rings. The van der Waals surface area contributed by atoms with Crippen molar-refractivity contribution in [2.45, 2.75) is 19.3 Å². The van der Waals surface area contributed by atoms with Crippen molar-refractivity contribution < 1.29 is 5.48 Å². The first-order valence-electron chi connectivity index (χ1n) is 4.77. The monoisotopic (exact) mass is 196 g/mol. The quantitative estimate of drug-likeness (QED) is 0.746. The van der Waals surface area contributed by atoms with E-state index in [1.807, 2.05) is 0 Å². The van der Waals surface area contributed by atoms with Crippen molar-refractivity contribution in [3.63, 3.8) is 0 Å². The molecule has 0 aliphatic carbocycles. The number of hydrogen-bond donors (Lipinski definition) is 1. The average molecular weight is 196 g/mol. The summed E-state index contributed by atoms with van der Waals surface area (Å²) in [5, 5.41) is 0. The number of piperidine rings is 1. The summed E-state index contributed by atoms with van der Waals surface area (Å²) in [4.78, 5) is 2.48. The smallest absolute Gasteiger partial charge is 0.0366 e. The Hall–Kier alpha value is -1.06. The molecule has 1 aliphatic heterocycles. The van der Waals surface area contributed by atoms with Gasteiger partial charge in [-0.3, -0.25) is 0 Å². The molecule has 0 saturated carbocycles. The molecule has 0 unspecified atom stereocenters. The third kappa shape index (κ3) is 3.01. The van der Waals surface area contributed by atoms with Crippen molar-refractivity contribution in [2.24, 2.45) is 0 Å². The Bertz CT molecular complexity index is 232. The van der Waals surface area contributed by atoms with Gasteiger partial charge in [0.1, 0.15) is 0 Å². The summed E-state index contributed by atoms with van der Waals surface area (Å²) < 4.78 is 0. The maximum atomic E-state index is 2.48. The lowest BCUT2D eigenvalue weighted by Crippen LogP contribution is -2.29. The van der Waals surface area contributed by atoms with Crippen LogP contribution >= 0.6 is 0 Å². The van der Waals surface area contributed by atoms with E-state index in [4.69, 9.17) is 0 Å². The van der Waals surface area contributed by atoms with E-state index in [0.29, 0.717) is 0 Å². The lowest BCUT2D eigenvalue weighted by atomic mass is 10.1. The number of benzene rings is 1. The molecule has 80 valence electrons. The minimum absolute atomic E-state index is 0. The van der Waals surface area contributed by atoms with Gasteiger partial charge in [-0.1, -0.05) is 18.2 Å². The van der Waals surface area contributed by atoms with Crippen LogP contribution in [0.4, 0.5) is 5.69 Å². The van der Waals surface area contributed by atoms with Gasteiger partial charge in [-0.15, -0.1) is 0 Å². The van der Waals surface area contributed by atoms with E-state index in [1.165, 1.54) is 38.0 Å². The van der Waals surface area contributed by atoms with Crippen molar-refractivity contribution in [1.82, 2.24) is 6.15 Å². The second-order valence-corrected chi connectivity index (χ2v) is 3.38. The van der Waals surface area contributed by atoms with Gasteiger partial charge < -0.3 is 16.5 Å². The van der Waals surface area contributed by atoms with Crippen molar-refractivity contribution >= 4 is 5.69 Å². The van der Waals surface area contributed by atoms with Crippen LogP contribution in [0.3, 0.4) is 0 Å². The van der Waals surface area contributed by atoms with E-state index in [1.54, 1.807) is 0 Å². The second kappa shape index (κ2) is 6.40. The number of hydrogen-bond acceptors (Lipinski definition) is 2. The molecule has 2 rings (SSSR count). The zero-order chi connectivity index (χ0) is 8.23. The van der Waals surface area contributed by atoms with Crippen LogP contribution in [0.1, 0.15) is 19.3 Å². The SMILES string of the molecule is N.O.c1ccc(N2CCCCC2)cc1. The van der Waals surface area contributed by atoms with Crippen molar-refractivity contribution in [3.8, 4) is 0 Å². The van der Waals surface area contributed by atoms with Gasteiger partial charge in [0.2, 0.25) is 0 Å². The lowest BCUT2D eigenvalue weighted by molar-refractivity contribution is 0.578. The van der Waals surface area contributed by atoms with Gasteiger partial charge in [0.05, 0.1) is 0 Å². The highest BCUT2D eigenvalue weighted by molar-refractivity contribution is 5.46.